The topological polar surface area (TPSA) is 78.8 Å². The van der Waals surface area contributed by atoms with Gasteiger partial charge in [0, 0.05) is 5.56 Å². The molecule has 0 radical (unpaired) electrons. The third kappa shape index (κ3) is 5.42. The average Bonchev–Trinajstić information content (AvgIpc) is 3.14. The van der Waals surface area contributed by atoms with E-state index in [2.05, 4.69) is 10.3 Å². The van der Waals surface area contributed by atoms with E-state index in [0.717, 1.165) is 17.3 Å². The Morgan fingerprint density at radius 1 is 0.939 bits per heavy atom. The summed E-state index contributed by atoms with van der Waals surface area (Å²) in [6.45, 7) is 0. The highest BCUT2D eigenvalue weighted by atomic mass is 32.2. The second kappa shape index (κ2) is 10.1. The van der Waals surface area contributed by atoms with Crippen LogP contribution in [0.15, 0.2) is 95.6 Å². The number of thioether (sulfide) groups is 1. The molecule has 0 aliphatic carbocycles. The minimum Gasteiger partial charge on any atom is -0.292 e. The van der Waals surface area contributed by atoms with Gasteiger partial charge in [0.2, 0.25) is 5.91 Å². The molecule has 164 valence electrons. The Morgan fingerprint density at radius 3 is 2.24 bits per heavy atom. The number of imide groups is 1. The highest BCUT2D eigenvalue weighted by Gasteiger charge is 2.32. The Labute approximate surface area is 193 Å². The van der Waals surface area contributed by atoms with Crippen molar-refractivity contribution in [2.75, 3.05) is 10.7 Å². The van der Waals surface area contributed by atoms with Gasteiger partial charge >= 0.3 is 0 Å². The fourth-order valence-electron chi connectivity index (χ4n) is 3.07. The van der Waals surface area contributed by atoms with E-state index in [9.17, 15) is 18.8 Å². The number of carbonyl (C=O) groups is 3. The Kier molecular flexibility index (Phi) is 6.75. The molecule has 0 unspecified atom stereocenters. The van der Waals surface area contributed by atoms with Crippen LogP contribution in [0.1, 0.15) is 15.9 Å². The van der Waals surface area contributed by atoms with Crippen LogP contribution in [0.5, 0.6) is 0 Å². The van der Waals surface area contributed by atoms with Crippen LogP contribution in [0.25, 0.3) is 6.08 Å². The average molecular weight is 460 g/mol. The van der Waals surface area contributed by atoms with Crippen LogP contribution < -0.4 is 10.2 Å². The molecule has 1 aliphatic rings. The van der Waals surface area contributed by atoms with Crippen molar-refractivity contribution in [3.05, 3.63) is 108 Å². The molecule has 8 heteroatoms. The van der Waals surface area contributed by atoms with E-state index in [1.807, 2.05) is 30.3 Å². The van der Waals surface area contributed by atoms with Crippen LogP contribution in [0.4, 0.5) is 10.1 Å². The molecule has 0 aromatic heterocycles. The summed E-state index contributed by atoms with van der Waals surface area (Å²) in [6, 6.07) is 23.0. The molecule has 0 atom stereocenters. The van der Waals surface area contributed by atoms with E-state index in [0.29, 0.717) is 11.3 Å². The van der Waals surface area contributed by atoms with Gasteiger partial charge in [-0.2, -0.15) is 0 Å². The zero-order chi connectivity index (χ0) is 23.2. The van der Waals surface area contributed by atoms with Crippen molar-refractivity contribution in [1.29, 1.82) is 0 Å². The van der Waals surface area contributed by atoms with Crippen molar-refractivity contribution < 1.29 is 18.8 Å². The first-order chi connectivity index (χ1) is 16.0. The Morgan fingerprint density at radius 2 is 1.58 bits per heavy atom. The highest BCUT2D eigenvalue weighted by Crippen LogP contribution is 2.29. The molecule has 6 nitrogen and oxygen atoms in total. The van der Waals surface area contributed by atoms with Crippen LogP contribution in [-0.2, 0) is 9.59 Å². The summed E-state index contributed by atoms with van der Waals surface area (Å²) in [5.74, 6) is -2.00. The standard InChI is InChI=1S/C25H18FN3O3S/c26-19-11-13-20(14-12-19)29-24(32)21(15-17-7-3-1-4-8-17)27-25(29)33-16-22(30)28-23(31)18-9-5-2-6-10-18/h1-15H,16H2,(H,28,30,31)/b21-15+. The Hall–Kier alpha value is -4.04. The van der Waals surface area contributed by atoms with Crippen LogP contribution in [0, 0.1) is 5.82 Å². The largest absolute Gasteiger partial charge is 0.292 e. The molecule has 33 heavy (non-hydrogen) atoms. The van der Waals surface area contributed by atoms with E-state index >= 15 is 0 Å². The first kappa shape index (κ1) is 22.2. The fourth-order valence-corrected chi connectivity index (χ4v) is 3.89. The van der Waals surface area contributed by atoms with Gasteiger partial charge in [0.1, 0.15) is 11.5 Å². The van der Waals surface area contributed by atoms with Crippen molar-refractivity contribution in [2.24, 2.45) is 4.99 Å². The number of aliphatic imine (C=N–C) groups is 1. The second-order valence-electron chi connectivity index (χ2n) is 6.98. The quantitative estimate of drug-likeness (QED) is 0.579. The number of amides is 3. The van der Waals surface area contributed by atoms with Gasteiger partial charge in [0.25, 0.3) is 11.8 Å². The highest BCUT2D eigenvalue weighted by molar-refractivity contribution is 8.14. The van der Waals surface area contributed by atoms with Crippen LogP contribution in [-0.4, -0.2) is 28.6 Å². The van der Waals surface area contributed by atoms with Crippen molar-refractivity contribution in [3.63, 3.8) is 0 Å². The number of hydrogen-bond acceptors (Lipinski definition) is 5. The summed E-state index contributed by atoms with van der Waals surface area (Å²) in [5.41, 5.74) is 1.77. The Balaban J connectivity index is 1.53. The van der Waals surface area contributed by atoms with Gasteiger partial charge in [0.15, 0.2) is 5.17 Å². The molecule has 1 N–H and O–H groups in total. The summed E-state index contributed by atoms with van der Waals surface area (Å²) < 4.78 is 13.4. The number of halogens is 1. The lowest BCUT2D eigenvalue weighted by atomic mass is 10.2. The second-order valence-corrected chi connectivity index (χ2v) is 7.93. The van der Waals surface area contributed by atoms with Gasteiger partial charge in [-0.1, -0.05) is 60.3 Å². The molecule has 0 saturated heterocycles. The van der Waals surface area contributed by atoms with Gasteiger partial charge in [0.05, 0.1) is 11.4 Å². The van der Waals surface area contributed by atoms with Crippen LogP contribution in [0.2, 0.25) is 0 Å². The lowest BCUT2D eigenvalue weighted by molar-refractivity contribution is -0.117. The Bertz CT molecular complexity index is 1240. The number of benzene rings is 3. The SMILES string of the molecule is O=C(CSC1=N/C(=C/c2ccccc2)C(=O)N1c1ccc(F)cc1)NC(=O)c1ccccc1. The number of anilines is 1. The summed E-state index contributed by atoms with van der Waals surface area (Å²) in [4.78, 5) is 43.4. The summed E-state index contributed by atoms with van der Waals surface area (Å²) in [7, 11) is 0. The van der Waals surface area contributed by atoms with Crippen molar-refractivity contribution in [3.8, 4) is 0 Å². The van der Waals surface area contributed by atoms with Gasteiger partial charge < -0.3 is 0 Å². The first-order valence-electron chi connectivity index (χ1n) is 9.99. The minimum atomic E-state index is -0.524. The van der Waals surface area contributed by atoms with Crippen molar-refractivity contribution in [1.82, 2.24) is 5.32 Å². The molecule has 3 amide bonds. The molecular weight excluding hydrogens is 441 g/mol. The predicted octanol–water partition coefficient (Wildman–Crippen LogP) is 4.26. The molecule has 0 saturated carbocycles. The van der Waals surface area contributed by atoms with Crippen LogP contribution in [0.3, 0.4) is 0 Å². The number of amidine groups is 1. The smallest absolute Gasteiger partial charge is 0.283 e. The third-order valence-electron chi connectivity index (χ3n) is 4.64. The normalized spacial score (nSPS) is 14.3. The zero-order valence-electron chi connectivity index (χ0n) is 17.3. The predicted molar refractivity (Wildman–Crippen MR) is 127 cm³/mol. The number of nitrogens with zero attached hydrogens (tertiary/aromatic N) is 2. The van der Waals surface area contributed by atoms with E-state index < -0.39 is 23.5 Å². The summed E-state index contributed by atoms with van der Waals surface area (Å²) >= 11 is 1.01. The minimum absolute atomic E-state index is 0.138. The molecule has 4 rings (SSSR count). The number of nitrogens with one attached hydrogen (secondary N) is 1. The fraction of sp³-hybridized carbons (Fsp3) is 0.0400. The van der Waals surface area contributed by atoms with Crippen molar-refractivity contribution in [2.45, 2.75) is 0 Å². The van der Waals surface area contributed by atoms with Crippen molar-refractivity contribution >= 4 is 46.4 Å². The third-order valence-corrected chi connectivity index (χ3v) is 5.58. The molecule has 0 bridgehead atoms. The summed E-state index contributed by atoms with van der Waals surface area (Å²) in [6.07, 6.45) is 1.64. The zero-order valence-corrected chi connectivity index (χ0v) is 18.1. The van der Waals surface area contributed by atoms with Gasteiger partial charge in [-0.05, 0) is 48.0 Å². The molecule has 3 aromatic carbocycles. The van der Waals surface area contributed by atoms with E-state index in [-0.39, 0.29) is 16.6 Å². The lowest BCUT2D eigenvalue weighted by Crippen LogP contribution is -2.34. The maximum absolute atomic E-state index is 13.4. The molecule has 3 aromatic rings. The number of carbonyl (C=O) groups excluding carboxylic acids is 3. The number of hydrogen-bond donors (Lipinski definition) is 1. The maximum atomic E-state index is 13.4. The summed E-state index contributed by atoms with van der Waals surface area (Å²) in [5, 5.41) is 2.58. The number of rotatable bonds is 5. The molecular formula is C25H18FN3O3S. The lowest BCUT2D eigenvalue weighted by Gasteiger charge is -2.17. The monoisotopic (exact) mass is 459 g/mol. The molecule has 1 aliphatic heterocycles. The van der Waals surface area contributed by atoms with Gasteiger partial charge in [-0.25, -0.2) is 9.38 Å². The van der Waals surface area contributed by atoms with E-state index in [1.165, 1.54) is 29.2 Å². The first-order valence-corrected chi connectivity index (χ1v) is 11.0. The van der Waals surface area contributed by atoms with E-state index in [4.69, 9.17) is 0 Å². The van der Waals surface area contributed by atoms with Crippen LogP contribution >= 0.6 is 11.8 Å². The van der Waals surface area contributed by atoms with Gasteiger partial charge in [-0.15, -0.1) is 0 Å². The molecule has 0 spiro atoms. The van der Waals surface area contributed by atoms with E-state index in [1.54, 1.807) is 36.4 Å². The molecule has 1 heterocycles. The van der Waals surface area contributed by atoms with Gasteiger partial charge in [-0.3, -0.25) is 24.6 Å². The molecule has 0 fully saturated rings. The maximum Gasteiger partial charge on any atom is 0.283 e.